The summed E-state index contributed by atoms with van der Waals surface area (Å²) in [5.74, 6) is 0.548. The van der Waals surface area contributed by atoms with Crippen LogP contribution >= 0.6 is 0 Å². The van der Waals surface area contributed by atoms with E-state index in [1.807, 2.05) is 6.92 Å². The maximum atomic E-state index is 13.1. The van der Waals surface area contributed by atoms with E-state index in [2.05, 4.69) is 36.2 Å². The van der Waals surface area contributed by atoms with Gasteiger partial charge in [0, 0.05) is 13.5 Å². The van der Waals surface area contributed by atoms with Crippen LogP contribution in [0.4, 0.5) is 4.79 Å². The monoisotopic (exact) mass is 391 g/mol. The minimum atomic E-state index is -0.903. The molecular formula is C19H29N5O4. The van der Waals surface area contributed by atoms with E-state index in [0.717, 1.165) is 11.3 Å². The van der Waals surface area contributed by atoms with Gasteiger partial charge >= 0.3 is 6.03 Å². The summed E-state index contributed by atoms with van der Waals surface area (Å²) in [5.41, 5.74) is -0.952. The number of hydrogen-bond donors (Lipinski definition) is 1. The number of amides is 4. The van der Waals surface area contributed by atoms with Crippen molar-refractivity contribution in [1.29, 1.82) is 0 Å². The van der Waals surface area contributed by atoms with Crippen LogP contribution in [0.3, 0.4) is 0 Å². The molecular weight excluding hydrogens is 362 g/mol. The van der Waals surface area contributed by atoms with E-state index in [-0.39, 0.29) is 30.3 Å². The summed E-state index contributed by atoms with van der Waals surface area (Å²) in [6.07, 6.45) is 2.82. The zero-order valence-corrected chi connectivity index (χ0v) is 17.2. The molecule has 154 valence electrons. The van der Waals surface area contributed by atoms with Crippen molar-refractivity contribution in [2.24, 2.45) is 11.3 Å². The Kier molecular flexibility index (Phi) is 5.20. The van der Waals surface area contributed by atoms with Gasteiger partial charge in [-0.3, -0.25) is 14.5 Å². The van der Waals surface area contributed by atoms with Crippen LogP contribution in [0.2, 0.25) is 0 Å². The van der Waals surface area contributed by atoms with Crippen LogP contribution in [0, 0.1) is 11.3 Å². The molecule has 2 aliphatic rings. The summed E-state index contributed by atoms with van der Waals surface area (Å²) >= 11 is 0. The van der Waals surface area contributed by atoms with Gasteiger partial charge in [-0.1, -0.05) is 32.9 Å². The fourth-order valence-corrected chi connectivity index (χ4v) is 4.69. The molecule has 2 heterocycles. The lowest BCUT2D eigenvalue weighted by molar-refractivity contribution is -0.140. The minimum Gasteiger partial charge on any atom is -0.337 e. The number of nitrogens with zero attached hydrogens (tertiary/aromatic N) is 4. The molecule has 9 nitrogen and oxygen atoms in total. The molecule has 9 heteroatoms. The highest BCUT2D eigenvalue weighted by atomic mass is 16.5. The third-order valence-corrected chi connectivity index (χ3v) is 5.54. The van der Waals surface area contributed by atoms with Crippen molar-refractivity contribution in [2.75, 3.05) is 13.6 Å². The highest BCUT2D eigenvalue weighted by Gasteiger charge is 2.56. The first-order valence-corrected chi connectivity index (χ1v) is 9.75. The van der Waals surface area contributed by atoms with Gasteiger partial charge in [0.2, 0.25) is 11.8 Å². The highest BCUT2D eigenvalue weighted by Crippen LogP contribution is 2.46. The first kappa shape index (κ1) is 20.3. The van der Waals surface area contributed by atoms with E-state index in [1.54, 1.807) is 7.05 Å². The summed E-state index contributed by atoms with van der Waals surface area (Å²) in [4.78, 5) is 44.8. The number of urea groups is 1. The van der Waals surface area contributed by atoms with Crippen LogP contribution in [0.1, 0.15) is 58.7 Å². The van der Waals surface area contributed by atoms with Crippen molar-refractivity contribution in [1.82, 2.24) is 25.3 Å². The zero-order chi connectivity index (χ0) is 20.7. The Bertz CT molecular complexity index is 789. The van der Waals surface area contributed by atoms with Gasteiger partial charge in [-0.15, -0.1) is 0 Å². The first-order valence-electron chi connectivity index (χ1n) is 9.75. The molecule has 1 aliphatic heterocycles. The lowest BCUT2D eigenvalue weighted by Crippen LogP contribution is -2.54. The van der Waals surface area contributed by atoms with E-state index in [4.69, 9.17) is 4.52 Å². The quantitative estimate of drug-likeness (QED) is 0.766. The van der Waals surface area contributed by atoms with Crippen molar-refractivity contribution < 1.29 is 18.9 Å². The smallest absolute Gasteiger partial charge is 0.325 e. The molecule has 1 spiro atoms. The molecule has 1 aromatic heterocycles. The number of carbonyl (C=O) groups excluding carboxylic acids is 3. The number of nitrogens with one attached hydrogen (secondary N) is 1. The SMILES string of the molecule is CCc1noc(CN(C)C(=O)CN2C(=O)NC3(CC(C)CC(C)(C)C3)C2=O)n1. The van der Waals surface area contributed by atoms with Gasteiger partial charge < -0.3 is 14.7 Å². The molecule has 1 saturated carbocycles. The standard InChI is InChI=1S/C19H29N5O4/c1-6-13-20-14(28-22-13)9-23(5)15(25)10-24-16(26)19(21-17(24)27)8-12(2)7-18(3,4)11-19/h12H,6-11H2,1-5H3,(H,21,27). The van der Waals surface area contributed by atoms with E-state index >= 15 is 0 Å². The fourth-order valence-electron chi connectivity index (χ4n) is 4.69. The van der Waals surface area contributed by atoms with Gasteiger partial charge in [-0.25, -0.2) is 4.79 Å². The molecule has 3 rings (SSSR count). The molecule has 1 aliphatic carbocycles. The molecule has 28 heavy (non-hydrogen) atoms. The van der Waals surface area contributed by atoms with Crippen LogP contribution < -0.4 is 5.32 Å². The van der Waals surface area contributed by atoms with Crippen LogP contribution in [-0.2, 0) is 22.6 Å². The average molecular weight is 391 g/mol. The predicted octanol–water partition coefficient (Wildman–Crippen LogP) is 1.73. The van der Waals surface area contributed by atoms with Crippen molar-refractivity contribution in [3.05, 3.63) is 11.7 Å². The second-order valence-corrected chi connectivity index (χ2v) is 8.97. The molecule has 0 aromatic carbocycles. The van der Waals surface area contributed by atoms with Crippen molar-refractivity contribution in [3.63, 3.8) is 0 Å². The highest BCUT2D eigenvalue weighted by molar-refractivity contribution is 6.09. The largest absolute Gasteiger partial charge is 0.337 e. The molecule has 0 radical (unpaired) electrons. The molecule has 2 fully saturated rings. The molecule has 2 unspecified atom stereocenters. The number of carbonyl (C=O) groups is 3. The molecule has 0 bridgehead atoms. The van der Waals surface area contributed by atoms with Gasteiger partial charge in [-0.2, -0.15) is 4.98 Å². The normalized spacial score (nSPS) is 26.6. The number of aromatic nitrogens is 2. The lowest BCUT2D eigenvalue weighted by Gasteiger charge is -2.43. The minimum absolute atomic E-state index is 0.0492. The summed E-state index contributed by atoms with van der Waals surface area (Å²) in [5, 5.41) is 6.69. The van der Waals surface area contributed by atoms with Crippen molar-refractivity contribution in [3.8, 4) is 0 Å². The van der Waals surface area contributed by atoms with E-state index in [1.165, 1.54) is 4.90 Å². The van der Waals surface area contributed by atoms with Crippen LogP contribution in [0.5, 0.6) is 0 Å². The summed E-state index contributed by atoms with van der Waals surface area (Å²) in [6.45, 7) is 8.06. The van der Waals surface area contributed by atoms with E-state index in [0.29, 0.717) is 36.9 Å². The third kappa shape index (κ3) is 3.88. The average Bonchev–Trinajstić information content (AvgIpc) is 3.11. The first-order chi connectivity index (χ1) is 13.0. The topological polar surface area (TPSA) is 109 Å². The molecule has 2 atom stereocenters. The molecule has 1 aromatic rings. The van der Waals surface area contributed by atoms with Gasteiger partial charge in [0.15, 0.2) is 5.82 Å². The number of imide groups is 1. The lowest BCUT2D eigenvalue weighted by atomic mass is 9.64. The Balaban J connectivity index is 1.67. The van der Waals surface area contributed by atoms with Gasteiger partial charge in [0.25, 0.3) is 5.91 Å². The summed E-state index contributed by atoms with van der Waals surface area (Å²) < 4.78 is 5.10. The number of likely N-dealkylation sites (N-methyl/N-ethyl adjacent to an activating group) is 1. The van der Waals surface area contributed by atoms with Crippen molar-refractivity contribution in [2.45, 2.75) is 65.5 Å². The van der Waals surface area contributed by atoms with E-state index < -0.39 is 11.6 Å². The van der Waals surface area contributed by atoms with Gasteiger partial charge in [-0.05, 0) is 30.6 Å². The van der Waals surface area contributed by atoms with E-state index in [9.17, 15) is 14.4 Å². The molecule has 4 amide bonds. The fraction of sp³-hybridized carbons (Fsp3) is 0.737. The second kappa shape index (κ2) is 7.18. The van der Waals surface area contributed by atoms with Gasteiger partial charge in [0.1, 0.15) is 12.1 Å². The maximum Gasteiger partial charge on any atom is 0.325 e. The maximum absolute atomic E-state index is 13.1. The Morgan fingerprint density at radius 3 is 2.68 bits per heavy atom. The van der Waals surface area contributed by atoms with Crippen LogP contribution in [-0.4, -0.2) is 56.9 Å². The Hall–Kier alpha value is -2.45. The number of rotatable bonds is 5. The van der Waals surface area contributed by atoms with Gasteiger partial charge in [0.05, 0.1) is 6.54 Å². The zero-order valence-electron chi connectivity index (χ0n) is 17.2. The Labute approximate surface area is 164 Å². The molecule has 1 saturated heterocycles. The summed E-state index contributed by atoms with van der Waals surface area (Å²) in [6, 6.07) is -0.497. The number of aryl methyl sites for hydroxylation is 1. The predicted molar refractivity (Wildman–Crippen MR) is 99.9 cm³/mol. The number of hydrogen-bond acceptors (Lipinski definition) is 6. The molecule has 1 N–H and O–H groups in total. The summed E-state index contributed by atoms with van der Waals surface area (Å²) in [7, 11) is 1.58. The third-order valence-electron chi connectivity index (χ3n) is 5.54. The van der Waals surface area contributed by atoms with Crippen molar-refractivity contribution >= 4 is 17.8 Å². The Morgan fingerprint density at radius 2 is 2.07 bits per heavy atom. The van der Waals surface area contributed by atoms with Crippen LogP contribution in [0.25, 0.3) is 0 Å². The Morgan fingerprint density at radius 1 is 1.36 bits per heavy atom. The van der Waals surface area contributed by atoms with Crippen LogP contribution in [0.15, 0.2) is 4.52 Å². The second-order valence-electron chi connectivity index (χ2n) is 8.97.